The van der Waals surface area contributed by atoms with Crippen LogP contribution >= 0.6 is 11.8 Å². The SMILES string of the molecule is CSc1nnc(CCCNC(=O)c2ccc(C)cc2)n1C1CCCC1. The molecule has 1 N–H and O–H groups in total. The molecule has 6 heteroatoms. The van der Waals surface area contributed by atoms with Crippen LogP contribution in [0, 0.1) is 6.92 Å². The zero-order valence-corrected chi connectivity index (χ0v) is 15.8. The second kappa shape index (κ2) is 8.52. The Morgan fingerprint density at radius 3 is 2.64 bits per heavy atom. The van der Waals surface area contributed by atoms with E-state index in [1.807, 2.05) is 31.2 Å². The number of carbonyl (C=O) groups excluding carboxylic acids is 1. The minimum Gasteiger partial charge on any atom is -0.352 e. The number of rotatable bonds is 7. The number of thioether (sulfide) groups is 1. The number of hydrogen-bond donors (Lipinski definition) is 1. The van der Waals surface area contributed by atoms with Gasteiger partial charge in [-0.15, -0.1) is 10.2 Å². The summed E-state index contributed by atoms with van der Waals surface area (Å²) >= 11 is 1.67. The number of hydrogen-bond acceptors (Lipinski definition) is 4. The highest BCUT2D eigenvalue weighted by atomic mass is 32.2. The number of nitrogens with zero attached hydrogens (tertiary/aromatic N) is 3. The Kier molecular flexibility index (Phi) is 6.13. The van der Waals surface area contributed by atoms with E-state index in [1.165, 1.54) is 25.7 Å². The predicted octanol–water partition coefficient (Wildman–Crippen LogP) is 3.79. The second-order valence-electron chi connectivity index (χ2n) is 6.64. The van der Waals surface area contributed by atoms with E-state index in [-0.39, 0.29) is 5.91 Å². The average molecular weight is 359 g/mol. The molecule has 1 saturated carbocycles. The van der Waals surface area contributed by atoms with Gasteiger partial charge in [-0.05, 0) is 44.6 Å². The Bertz CT molecular complexity index is 705. The maximum absolute atomic E-state index is 12.1. The molecule has 0 saturated heterocycles. The molecular formula is C19H26N4OS. The zero-order valence-electron chi connectivity index (χ0n) is 15.0. The maximum atomic E-state index is 12.1. The van der Waals surface area contributed by atoms with Gasteiger partial charge in [-0.3, -0.25) is 4.79 Å². The molecule has 0 bridgehead atoms. The summed E-state index contributed by atoms with van der Waals surface area (Å²) < 4.78 is 2.33. The molecule has 0 unspecified atom stereocenters. The Morgan fingerprint density at radius 2 is 1.96 bits per heavy atom. The van der Waals surface area contributed by atoms with Crippen molar-refractivity contribution in [3.63, 3.8) is 0 Å². The van der Waals surface area contributed by atoms with Gasteiger partial charge in [0.05, 0.1) is 0 Å². The molecule has 0 spiro atoms. The summed E-state index contributed by atoms with van der Waals surface area (Å²) in [5.41, 5.74) is 1.87. The summed E-state index contributed by atoms with van der Waals surface area (Å²) in [6, 6.07) is 8.21. The molecule has 5 nitrogen and oxygen atoms in total. The van der Waals surface area contributed by atoms with Gasteiger partial charge in [-0.25, -0.2) is 0 Å². The number of aromatic nitrogens is 3. The third-order valence-electron chi connectivity index (χ3n) is 4.78. The first-order valence-corrected chi connectivity index (χ1v) is 10.2. The van der Waals surface area contributed by atoms with Crippen LogP contribution in [-0.4, -0.2) is 33.5 Å². The van der Waals surface area contributed by atoms with Gasteiger partial charge in [0, 0.05) is 24.6 Å². The first-order valence-electron chi connectivity index (χ1n) is 9.01. The molecule has 1 heterocycles. The van der Waals surface area contributed by atoms with Gasteiger partial charge in [0.2, 0.25) is 0 Å². The zero-order chi connectivity index (χ0) is 17.6. The summed E-state index contributed by atoms with van der Waals surface area (Å²) in [5.74, 6) is 1.04. The molecule has 0 atom stereocenters. The summed E-state index contributed by atoms with van der Waals surface area (Å²) in [6.45, 7) is 2.67. The fourth-order valence-corrected chi connectivity index (χ4v) is 3.98. The number of aryl methyl sites for hydroxylation is 2. The highest BCUT2D eigenvalue weighted by Crippen LogP contribution is 2.33. The maximum Gasteiger partial charge on any atom is 0.251 e. The number of benzene rings is 1. The Labute approximate surface area is 153 Å². The van der Waals surface area contributed by atoms with Crippen LogP contribution in [0.1, 0.15) is 59.9 Å². The Balaban J connectivity index is 1.53. The predicted molar refractivity (Wildman–Crippen MR) is 101 cm³/mol. The second-order valence-corrected chi connectivity index (χ2v) is 7.41. The summed E-state index contributed by atoms with van der Waals surface area (Å²) in [4.78, 5) is 12.1. The molecular weight excluding hydrogens is 332 g/mol. The van der Waals surface area contributed by atoms with Crippen molar-refractivity contribution in [1.29, 1.82) is 0 Å². The molecule has 25 heavy (non-hydrogen) atoms. The molecule has 1 aromatic carbocycles. The minimum absolute atomic E-state index is 0.0120. The van der Waals surface area contributed by atoms with Crippen molar-refractivity contribution < 1.29 is 4.79 Å². The van der Waals surface area contributed by atoms with E-state index in [0.717, 1.165) is 29.4 Å². The normalized spacial score (nSPS) is 14.8. The van der Waals surface area contributed by atoms with Crippen molar-refractivity contribution in [3.05, 3.63) is 41.2 Å². The van der Waals surface area contributed by atoms with E-state index in [2.05, 4.69) is 26.3 Å². The van der Waals surface area contributed by atoms with E-state index in [0.29, 0.717) is 18.2 Å². The smallest absolute Gasteiger partial charge is 0.251 e. The first kappa shape index (κ1) is 18.0. The number of nitrogens with one attached hydrogen (secondary N) is 1. The molecule has 1 aliphatic carbocycles. The molecule has 3 rings (SSSR count). The van der Waals surface area contributed by atoms with Crippen LogP contribution in [0.15, 0.2) is 29.4 Å². The van der Waals surface area contributed by atoms with Crippen LogP contribution in [0.2, 0.25) is 0 Å². The summed E-state index contributed by atoms with van der Waals surface area (Å²) in [5, 5.41) is 12.7. The van der Waals surface area contributed by atoms with Crippen LogP contribution in [0.5, 0.6) is 0 Å². The first-order chi connectivity index (χ1) is 12.2. The summed E-state index contributed by atoms with van der Waals surface area (Å²) in [7, 11) is 0. The van der Waals surface area contributed by atoms with Crippen molar-refractivity contribution in [2.24, 2.45) is 0 Å². The topological polar surface area (TPSA) is 59.8 Å². The number of amides is 1. The highest BCUT2D eigenvalue weighted by molar-refractivity contribution is 7.98. The van der Waals surface area contributed by atoms with E-state index in [4.69, 9.17) is 0 Å². The van der Waals surface area contributed by atoms with Crippen molar-refractivity contribution in [1.82, 2.24) is 20.1 Å². The highest BCUT2D eigenvalue weighted by Gasteiger charge is 2.23. The Hall–Kier alpha value is -1.82. The Morgan fingerprint density at radius 1 is 1.24 bits per heavy atom. The van der Waals surface area contributed by atoms with Crippen LogP contribution in [0.3, 0.4) is 0 Å². The average Bonchev–Trinajstić information content (AvgIpc) is 3.28. The van der Waals surface area contributed by atoms with Crippen LogP contribution < -0.4 is 5.32 Å². The molecule has 2 aromatic rings. The third kappa shape index (κ3) is 4.42. The van der Waals surface area contributed by atoms with Crippen molar-refractivity contribution in [2.45, 2.75) is 56.6 Å². The quantitative estimate of drug-likeness (QED) is 0.604. The van der Waals surface area contributed by atoms with Gasteiger partial charge in [0.15, 0.2) is 5.16 Å². The van der Waals surface area contributed by atoms with Gasteiger partial charge in [0.1, 0.15) is 5.82 Å². The van der Waals surface area contributed by atoms with E-state index in [9.17, 15) is 4.79 Å². The summed E-state index contributed by atoms with van der Waals surface area (Å²) in [6.07, 6.45) is 8.81. The lowest BCUT2D eigenvalue weighted by atomic mass is 10.1. The number of carbonyl (C=O) groups is 1. The van der Waals surface area contributed by atoms with Crippen LogP contribution in [0.4, 0.5) is 0 Å². The van der Waals surface area contributed by atoms with E-state index >= 15 is 0 Å². The van der Waals surface area contributed by atoms with Crippen molar-refractivity contribution in [3.8, 4) is 0 Å². The van der Waals surface area contributed by atoms with Gasteiger partial charge < -0.3 is 9.88 Å². The lowest BCUT2D eigenvalue weighted by molar-refractivity contribution is 0.0953. The third-order valence-corrected chi connectivity index (χ3v) is 5.43. The van der Waals surface area contributed by atoms with E-state index in [1.54, 1.807) is 11.8 Å². The van der Waals surface area contributed by atoms with Gasteiger partial charge in [-0.1, -0.05) is 42.3 Å². The van der Waals surface area contributed by atoms with Crippen molar-refractivity contribution >= 4 is 17.7 Å². The molecule has 0 radical (unpaired) electrons. The minimum atomic E-state index is -0.0120. The van der Waals surface area contributed by atoms with Crippen LogP contribution in [-0.2, 0) is 6.42 Å². The molecule has 1 fully saturated rings. The van der Waals surface area contributed by atoms with Crippen molar-refractivity contribution in [2.75, 3.05) is 12.8 Å². The molecule has 1 amide bonds. The van der Waals surface area contributed by atoms with Gasteiger partial charge in [-0.2, -0.15) is 0 Å². The van der Waals surface area contributed by atoms with Gasteiger partial charge in [0.25, 0.3) is 5.91 Å². The lowest BCUT2D eigenvalue weighted by Crippen LogP contribution is -2.25. The monoisotopic (exact) mass is 358 g/mol. The fraction of sp³-hybridized carbons (Fsp3) is 0.526. The van der Waals surface area contributed by atoms with E-state index < -0.39 is 0 Å². The largest absolute Gasteiger partial charge is 0.352 e. The molecule has 1 aliphatic rings. The van der Waals surface area contributed by atoms with Gasteiger partial charge >= 0.3 is 0 Å². The standard InChI is InChI=1S/C19H26N4OS/c1-14-9-11-15(12-10-14)18(24)20-13-5-8-17-21-22-19(25-2)23(17)16-6-3-4-7-16/h9-12,16H,3-8,13H2,1-2H3,(H,20,24). The molecule has 134 valence electrons. The molecule has 1 aromatic heterocycles. The fourth-order valence-electron chi connectivity index (χ4n) is 3.40. The molecule has 0 aliphatic heterocycles. The van der Waals surface area contributed by atoms with Crippen LogP contribution in [0.25, 0.3) is 0 Å². The lowest BCUT2D eigenvalue weighted by Gasteiger charge is -2.16.